The molecule has 2 aromatic rings. The van der Waals surface area contributed by atoms with Gasteiger partial charge in [0.2, 0.25) is 0 Å². The van der Waals surface area contributed by atoms with E-state index in [-0.39, 0.29) is 5.25 Å². The van der Waals surface area contributed by atoms with Gasteiger partial charge in [0, 0.05) is 0 Å². The zero-order chi connectivity index (χ0) is 16.6. The second kappa shape index (κ2) is 9.04. The van der Waals surface area contributed by atoms with Crippen LogP contribution in [0.15, 0.2) is 58.1 Å². The van der Waals surface area contributed by atoms with Crippen LogP contribution in [0.3, 0.4) is 0 Å². The Kier molecular flexibility index (Phi) is 6.49. The van der Waals surface area contributed by atoms with E-state index >= 15 is 0 Å². The summed E-state index contributed by atoms with van der Waals surface area (Å²) in [7, 11) is 0. The Morgan fingerprint density at radius 2 is 1.79 bits per heavy atom. The van der Waals surface area contributed by atoms with Crippen molar-refractivity contribution in [2.24, 2.45) is 5.16 Å². The molecular weight excluding hydrogens is 336 g/mol. The Labute approximate surface area is 151 Å². The van der Waals surface area contributed by atoms with E-state index < -0.39 is 0 Å². The summed E-state index contributed by atoms with van der Waals surface area (Å²) in [5.41, 5.74) is 1.92. The van der Waals surface area contributed by atoms with Crippen molar-refractivity contribution >= 4 is 39.0 Å². The molecule has 5 heteroatoms. The number of thioether (sulfide) groups is 1. The minimum atomic E-state index is 0.174. The summed E-state index contributed by atoms with van der Waals surface area (Å²) in [6, 6.07) is 8.21. The first kappa shape index (κ1) is 17.2. The first-order valence-corrected chi connectivity index (χ1v) is 10.1. The van der Waals surface area contributed by atoms with Gasteiger partial charge in [-0.15, -0.1) is 11.3 Å². The van der Waals surface area contributed by atoms with Crippen LogP contribution in [-0.2, 0) is 0 Å². The molecule has 0 fully saturated rings. The number of oxime groups is 1. The standard InChI is InChI=1S/C19H22N2OS2/c22-21-16-12-7-5-3-1-2-4-6-8-13-18(16)24-19-20-15-11-9-10-14-17(15)23-19/h3-6,9-11,14,18,22H,1-2,7-8,12-13H2. The highest BCUT2D eigenvalue weighted by Crippen LogP contribution is 2.34. The van der Waals surface area contributed by atoms with Gasteiger partial charge in [-0.3, -0.25) is 0 Å². The highest BCUT2D eigenvalue weighted by Gasteiger charge is 2.19. The van der Waals surface area contributed by atoms with Crippen LogP contribution in [0.4, 0.5) is 0 Å². The number of nitrogens with zero attached hydrogens (tertiary/aromatic N) is 2. The fraction of sp³-hybridized carbons (Fsp3) is 0.368. The monoisotopic (exact) mass is 358 g/mol. The van der Waals surface area contributed by atoms with E-state index in [0.717, 1.165) is 54.1 Å². The van der Waals surface area contributed by atoms with Crippen molar-refractivity contribution in [3.8, 4) is 0 Å². The van der Waals surface area contributed by atoms with E-state index in [1.54, 1.807) is 23.1 Å². The van der Waals surface area contributed by atoms with Crippen molar-refractivity contribution in [3.63, 3.8) is 0 Å². The van der Waals surface area contributed by atoms with Crippen LogP contribution >= 0.6 is 23.1 Å². The summed E-state index contributed by atoms with van der Waals surface area (Å²) in [4.78, 5) is 4.72. The van der Waals surface area contributed by atoms with E-state index in [9.17, 15) is 5.21 Å². The predicted octanol–water partition coefficient (Wildman–Crippen LogP) is 6.05. The van der Waals surface area contributed by atoms with Crippen molar-refractivity contribution in [1.29, 1.82) is 0 Å². The molecule has 1 heterocycles. The summed E-state index contributed by atoms with van der Waals surface area (Å²) in [6.45, 7) is 0. The van der Waals surface area contributed by atoms with Gasteiger partial charge in [-0.1, -0.05) is 53.4 Å². The number of thiazole rings is 1. The molecule has 1 aliphatic carbocycles. The molecule has 0 saturated heterocycles. The van der Waals surface area contributed by atoms with Crippen LogP contribution < -0.4 is 0 Å². The molecule has 1 unspecified atom stereocenters. The molecule has 126 valence electrons. The summed E-state index contributed by atoms with van der Waals surface area (Å²) >= 11 is 3.45. The minimum absolute atomic E-state index is 0.174. The Morgan fingerprint density at radius 3 is 2.58 bits per heavy atom. The number of fused-ring (bicyclic) bond motifs is 1. The van der Waals surface area contributed by atoms with E-state index in [4.69, 9.17) is 4.98 Å². The topological polar surface area (TPSA) is 45.5 Å². The number of allylic oxidation sites excluding steroid dienone is 4. The summed E-state index contributed by atoms with van der Waals surface area (Å²) in [6.07, 6.45) is 14.8. The van der Waals surface area contributed by atoms with E-state index in [0.29, 0.717) is 0 Å². The van der Waals surface area contributed by atoms with Gasteiger partial charge in [-0.05, 0) is 50.7 Å². The van der Waals surface area contributed by atoms with Crippen molar-refractivity contribution in [3.05, 3.63) is 48.6 Å². The second-order valence-corrected chi connectivity index (χ2v) is 8.26. The first-order chi connectivity index (χ1) is 11.9. The van der Waals surface area contributed by atoms with Crippen LogP contribution in [0.5, 0.6) is 0 Å². The Bertz CT molecular complexity index is 716. The zero-order valence-electron chi connectivity index (χ0n) is 13.6. The molecule has 1 aliphatic rings. The van der Waals surface area contributed by atoms with Gasteiger partial charge in [-0.25, -0.2) is 4.98 Å². The molecule has 0 aliphatic heterocycles. The SMILES string of the molecule is ON=C1CCC=CCCC=CCCC1Sc1nc2ccccc2s1. The van der Waals surface area contributed by atoms with Crippen LogP contribution in [0.2, 0.25) is 0 Å². The number of rotatable bonds is 2. The number of benzene rings is 1. The summed E-state index contributed by atoms with van der Waals surface area (Å²) < 4.78 is 2.26. The maximum Gasteiger partial charge on any atom is 0.151 e. The van der Waals surface area contributed by atoms with Gasteiger partial charge in [0.05, 0.1) is 21.2 Å². The third kappa shape index (κ3) is 4.71. The number of hydrogen-bond acceptors (Lipinski definition) is 5. The molecular formula is C19H22N2OS2. The zero-order valence-corrected chi connectivity index (χ0v) is 15.2. The molecule has 0 spiro atoms. The lowest BCUT2D eigenvalue weighted by atomic mass is 10.1. The van der Waals surface area contributed by atoms with E-state index in [1.165, 1.54) is 4.70 Å². The molecule has 0 saturated carbocycles. The number of aromatic nitrogens is 1. The average Bonchev–Trinajstić information content (AvgIpc) is 3.00. The Hall–Kier alpha value is -1.59. The second-order valence-electron chi connectivity index (χ2n) is 5.78. The van der Waals surface area contributed by atoms with Gasteiger partial charge in [-0.2, -0.15) is 0 Å². The Balaban J connectivity index is 1.77. The average molecular weight is 359 g/mol. The van der Waals surface area contributed by atoms with Gasteiger partial charge >= 0.3 is 0 Å². The maximum atomic E-state index is 9.50. The lowest BCUT2D eigenvalue weighted by Gasteiger charge is -2.15. The molecule has 0 radical (unpaired) electrons. The molecule has 1 aromatic carbocycles. The van der Waals surface area contributed by atoms with Gasteiger partial charge in [0.25, 0.3) is 0 Å². The van der Waals surface area contributed by atoms with Crippen LogP contribution in [0, 0.1) is 0 Å². The lowest BCUT2D eigenvalue weighted by Crippen LogP contribution is -2.17. The molecule has 1 N–H and O–H groups in total. The third-order valence-electron chi connectivity index (χ3n) is 4.01. The smallest absolute Gasteiger partial charge is 0.151 e. The Morgan fingerprint density at radius 1 is 1.04 bits per heavy atom. The molecule has 3 nitrogen and oxygen atoms in total. The van der Waals surface area contributed by atoms with E-state index in [1.807, 2.05) is 18.2 Å². The molecule has 0 bridgehead atoms. The molecule has 3 rings (SSSR count). The predicted molar refractivity (Wildman–Crippen MR) is 104 cm³/mol. The number of para-hydroxylation sites is 1. The van der Waals surface area contributed by atoms with Crippen molar-refractivity contribution in [2.45, 2.75) is 48.1 Å². The normalized spacial score (nSPS) is 21.7. The lowest BCUT2D eigenvalue weighted by molar-refractivity contribution is 0.316. The molecule has 24 heavy (non-hydrogen) atoms. The van der Waals surface area contributed by atoms with Crippen LogP contribution in [-0.4, -0.2) is 21.2 Å². The molecule has 1 aromatic heterocycles. The van der Waals surface area contributed by atoms with Gasteiger partial charge < -0.3 is 5.21 Å². The highest BCUT2D eigenvalue weighted by atomic mass is 32.2. The van der Waals surface area contributed by atoms with Gasteiger partial charge in [0.1, 0.15) is 0 Å². The van der Waals surface area contributed by atoms with Crippen molar-refractivity contribution in [1.82, 2.24) is 4.98 Å². The van der Waals surface area contributed by atoms with Crippen molar-refractivity contribution < 1.29 is 5.21 Å². The molecule has 1 atom stereocenters. The quantitative estimate of drug-likeness (QED) is 0.403. The largest absolute Gasteiger partial charge is 0.411 e. The highest BCUT2D eigenvalue weighted by molar-refractivity contribution is 8.02. The number of hydrogen-bond donors (Lipinski definition) is 1. The van der Waals surface area contributed by atoms with Crippen LogP contribution in [0.25, 0.3) is 10.2 Å². The fourth-order valence-electron chi connectivity index (χ4n) is 2.73. The molecule has 0 amide bonds. The fourth-order valence-corrected chi connectivity index (χ4v) is 5.19. The summed E-state index contributed by atoms with van der Waals surface area (Å²) in [5, 5.41) is 13.3. The third-order valence-corrected chi connectivity index (χ3v) is 6.47. The van der Waals surface area contributed by atoms with E-state index in [2.05, 4.69) is 35.5 Å². The summed E-state index contributed by atoms with van der Waals surface area (Å²) in [5.74, 6) is 0. The van der Waals surface area contributed by atoms with Crippen LogP contribution in [0.1, 0.15) is 38.5 Å². The first-order valence-electron chi connectivity index (χ1n) is 8.40. The maximum absolute atomic E-state index is 9.50. The van der Waals surface area contributed by atoms with Crippen molar-refractivity contribution in [2.75, 3.05) is 0 Å². The van der Waals surface area contributed by atoms with Gasteiger partial charge in [0.15, 0.2) is 4.34 Å². The minimum Gasteiger partial charge on any atom is -0.411 e.